The third-order valence-electron chi connectivity index (χ3n) is 4.21. The lowest BCUT2D eigenvalue weighted by Crippen LogP contribution is -2.12. The first-order valence-corrected chi connectivity index (χ1v) is 8.71. The molecule has 1 aliphatic rings. The van der Waals surface area contributed by atoms with E-state index in [0.29, 0.717) is 36.0 Å². The number of carbonyl (C=O) groups excluding carboxylic acids is 1. The molecule has 3 aromatic rings. The summed E-state index contributed by atoms with van der Waals surface area (Å²) in [4.78, 5) is 12.7. The second-order valence-electron chi connectivity index (χ2n) is 6.39. The van der Waals surface area contributed by atoms with E-state index < -0.39 is 17.5 Å². The smallest absolute Gasteiger partial charge is 0.259 e. The molecule has 0 fully saturated rings. The molecular formula is C20H17F2N3O3. The number of halogens is 2. The first kappa shape index (κ1) is 18.0. The molecule has 28 heavy (non-hydrogen) atoms. The molecular weight excluding hydrogens is 368 g/mol. The Morgan fingerprint density at radius 2 is 1.79 bits per heavy atom. The van der Waals surface area contributed by atoms with Gasteiger partial charge < -0.3 is 14.8 Å². The minimum Gasteiger partial charge on any atom is -0.490 e. The van der Waals surface area contributed by atoms with Crippen LogP contribution in [0.1, 0.15) is 16.8 Å². The van der Waals surface area contributed by atoms with E-state index in [9.17, 15) is 13.6 Å². The van der Waals surface area contributed by atoms with E-state index in [0.717, 1.165) is 24.6 Å². The van der Waals surface area contributed by atoms with Crippen molar-refractivity contribution in [2.24, 2.45) is 7.05 Å². The summed E-state index contributed by atoms with van der Waals surface area (Å²) in [7, 11) is 1.69. The average molecular weight is 385 g/mol. The lowest BCUT2D eigenvalue weighted by atomic mass is 10.1. The van der Waals surface area contributed by atoms with E-state index in [2.05, 4.69) is 10.4 Å². The normalized spacial score (nSPS) is 13.1. The highest BCUT2D eigenvalue weighted by molar-refractivity contribution is 6.08. The Balaban J connectivity index is 1.67. The summed E-state index contributed by atoms with van der Waals surface area (Å²) < 4.78 is 39.6. The van der Waals surface area contributed by atoms with Crippen LogP contribution in [0.25, 0.3) is 11.3 Å². The number of ether oxygens (including phenoxy) is 2. The topological polar surface area (TPSA) is 65.4 Å². The minimum atomic E-state index is -0.774. The number of rotatable bonds is 3. The van der Waals surface area contributed by atoms with Crippen LogP contribution >= 0.6 is 0 Å². The van der Waals surface area contributed by atoms with Crippen LogP contribution < -0.4 is 14.8 Å². The second kappa shape index (κ2) is 7.30. The monoisotopic (exact) mass is 385 g/mol. The molecule has 0 unspecified atom stereocenters. The fraction of sp³-hybridized carbons (Fsp3) is 0.200. The van der Waals surface area contributed by atoms with E-state index in [1.807, 2.05) is 0 Å². The molecule has 8 heteroatoms. The molecule has 0 saturated carbocycles. The van der Waals surface area contributed by atoms with Crippen LogP contribution in [0.3, 0.4) is 0 Å². The van der Waals surface area contributed by atoms with Crippen LogP contribution in [-0.4, -0.2) is 28.9 Å². The third kappa shape index (κ3) is 3.66. The van der Waals surface area contributed by atoms with Crippen molar-refractivity contribution in [3.05, 3.63) is 59.8 Å². The van der Waals surface area contributed by atoms with Gasteiger partial charge in [0.15, 0.2) is 11.5 Å². The van der Waals surface area contributed by atoms with E-state index in [4.69, 9.17) is 9.47 Å². The highest BCUT2D eigenvalue weighted by atomic mass is 19.1. The summed E-state index contributed by atoms with van der Waals surface area (Å²) in [6.07, 6.45) is 2.33. The fourth-order valence-electron chi connectivity index (χ4n) is 3.00. The number of aromatic nitrogens is 2. The van der Waals surface area contributed by atoms with Gasteiger partial charge in [0.25, 0.3) is 5.91 Å². The zero-order chi connectivity index (χ0) is 19.7. The molecule has 1 amide bonds. The van der Waals surface area contributed by atoms with Crippen molar-refractivity contribution in [2.45, 2.75) is 6.42 Å². The Labute approximate surface area is 159 Å². The Bertz CT molecular complexity index is 1030. The van der Waals surface area contributed by atoms with Gasteiger partial charge in [-0.05, 0) is 30.3 Å². The first-order chi connectivity index (χ1) is 13.5. The van der Waals surface area contributed by atoms with Crippen molar-refractivity contribution in [3.63, 3.8) is 0 Å². The summed E-state index contributed by atoms with van der Waals surface area (Å²) >= 11 is 0. The van der Waals surface area contributed by atoms with Crippen LogP contribution in [-0.2, 0) is 7.05 Å². The van der Waals surface area contributed by atoms with E-state index in [-0.39, 0.29) is 11.3 Å². The van der Waals surface area contributed by atoms with Gasteiger partial charge in [-0.15, -0.1) is 0 Å². The quantitative estimate of drug-likeness (QED) is 0.745. The predicted molar refractivity (Wildman–Crippen MR) is 98.6 cm³/mol. The highest BCUT2D eigenvalue weighted by Crippen LogP contribution is 2.35. The van der Waals surface area contributed by atoms with Crippen molar-refractivity contribution in [3.8, 4) is 22.8 Å². The maximum atomic E-state index is 13.4. The zero-order valence-corrected chi connectivity index (χ0v) is 15.0. The molecule has 6 nitrogen and oxygen atoms in total. The van der Waals surface area contributed by atoms with Gasteiger partial charge in [0, 0.05) is 37.0 Å². The largest absolute Gasteiger partial charge is 0.490 e. The number of carbonyl (C=O) groups is 1. The molecule has 144 valence electrons. The third-order valence-corrected chi connectivity index (χ3v) is 4.21. The van der Waals surface area contributed by atoms with Crippen LogP contribution in [0.4, 0.5) is 14.5 Å². The number of fused-ring (bicyclic) bond motifs is 1. The van der Waals surface area contributed by atoms with Crippen molar-refractivity contribution < 1.29 is 23.0 Å². The molecule has 1 aromatic heterocycles. The summed E-state index contributed by atoms with van der Waals surface area (Å²) in [5.41, 5.74) is 1.38. The van der Waals surface area contributed by atoms with Gasteiger partial charge in [0.2, 0.25) is 0 Å². The molecule has 0 radical (unpaired) electrons. The molecule has 0 bridgehead atoms. The average Bonchev–Trinajstić information content (AvgIpc) is 2.88. The number of hydrogen-bond acceptors (Lipinski definition) is 4. The maximum Gasteiger partial charge on any atom is 0.259 e. The van der Waals surface area contributed by atoms with Gasteiger partial charge in [0.1, 0.15) is 17.3 Å². The van der Waals surface area contributed by atoms with Gasteiger partial charge in [0.05, 0.1) is 18.8 Å². The fourth-order valence-corrected chi connectivity index (χ4v) is 3.00. The van der Waals surface area contributed by atoms with Gasteiger partial charge >= 0.3 is 0 Å². The Hall–Kier alpha value is -3.42. The van der Waals surface area contributed by atoms with Crippen LogP contribution in [0.2, 0.25) is 0 Å². The predicted octanol–water partition coefficient (Wildman–Crippen LogP) is 3.78. The molecule has 2 aromatic carbocycles. The number of hydrogen-bond donors (Lipinski definition) is 1. The maximum absolute atomic E-state index is 13.4. The van der Waals surface area contributed by atoms with Crippen LogP contribution in [0.5, 0.6) is 11.5 Å². The first-order valence-electron chi connectivity index (χ1n) is 8.71. The molecule has 1 N–H and O–H groups in total. The molecule has 0 aliphatic carbocycles. The van der Waals surface area contributed by atoms with Crippen molar-refractivity contribution in [1.82, 2.24) is 9.78 Å². The summed E-state index contributed by atoms with van der Waals surface area (Å²) in [6, 6.07) is 8.16. The van der Waals surface area contributed by atoms with Gasteiger partial charge in [-0.2, -0.15) is 5.10 Å². The SMILES string of the molecule is Cn1cc(C(=O)Nc2cc(F)cc(F)c2)c(-c2ccc3c(c2)OCCCO3)n1. The van der Waals surface area contributed by atoms with Crippen LogP contribution in [0.15, 0.2) is 42.6 Å². The highest BCUT2D eigenvalue weighted by Gasteiger charge is 2.20. The van der Waals surface area contributed by atoms with Crippen molar-refractivity contribution in [1.29, 1.82) is 0 Å². The van der Waals surface area contributed by atoms with Gasteiger partial charge in [-0.3, -0.25) is 9.48 Å². The molecule has 0 spiro atoms. The molecule has 0 atom stereocenters. The Kier molecular flexibility index (Phi) is 4.68. The van der Waals surface area contributed by atoms with Gasteiger partial charge in [-0.1, -0.05) is 0 Å². The molecule has 4 rings (SSSR count). The number of aryl methyl sites for hydroxylation is 1. The van der Waals surface area contributed by atoms with Gasteiger partial charge in [-0.25, -0.2) is 8.78 Å². The lowest BCUT2D eigenvalue weighted by molar-refractivity contribution is 0.102. The summed E-state index contributed by atoms with van der Waals surface area (Å²) in [5, 5.41) is 6.87. The van der Waals surface area contributed by atoms with E-state index in [1.165, 1.54) is 4.68 Å². The van der Waals surface area contributed by atoms with E-state index in [1.54, 1.807) is 31.4 Å². The van der Waals surface area contributed by atoms with Crippen LogP contribution in [0, 0.1) is 11.6 Å². The molecule has 2 heterocycles. The standard InChI is InChI=1S/C20H17F2N3O3/c1-25-11-16(20(26)23-15-9-13(21)8-14(22)10-15)19(24-25)12-3-4-17-18(7-12)28-6-2-5-27-17/h3-4,7-11H,2,5-6H2,1H3,(H,23,26). The number of nitrogens with zero attached hydrogens (tertiary/aromatic N) is 2. The number of benzene rings is 2. The van der Waals surface area contributed by atoms with Crippen molar-refractivity contribution >= 4 is 11.6 Å². The Morgan fingerprint density at radius 1 is 1.07 bits per heavy atom. The minimum absolute atomic E-state index is 0.0240. The lowest BCUT2D eigenvalue weighted by Gasteiger charge is -2.10. The number of anilines is 1. The van der Waals surface area contributed by atoms with Crippen molar-refractivity contribution in [2.75, 3.05) is 18.5 Å². The summed E-state index contributed by atoms with van der Waals surface area (Å²) in [6.45, 7) is 1.12. The second-order valence-corrected chi connectivity index (χ2v) is 6.39. The zero-order valence-electron chi connectivity index (χ0n) is 15.0. The Morgan fingerprint density at radius 3 is 2.54 bits per heavy atom. The molecule has 0 saturated heterocycles. The number of nitrogens with one attached hydrogen (secondary N) is 1. The number of amides is 1. The summed E-state index contributed by atoms with van der Waals surface area (Å²) in [5.74, 6) is -0.855. The molecule has 1 aliphatic heterocycles. The van der Waals surface area contributed by atoms with E-state index >= 15 is 0 Å².